The summed E-state index contributed by atoms with van der Waals surface area (Å²) in [6, 6.07) is 0.545. The molecule has 1 aliphatic carbocycles. The molecule has 2 heteroatoms. The smallest absolute Gasteiger partial charge is 0.0651 e. The molecule has 0 aromatic rings. The quantitative estimate of drug-likeness (QED) is 0.628. The largest absolute Gasteiger partial charge is 0.378 e. The molecule has 0 aromatic heterocycles. The highest BCUT2D eigenvalue weighted by atomic mass is 16.5. The van der Waals surface area contributed by atoms with E-state index in [2.05, 4.69) is 46.4 Å². The number of ether oxygens (including phenoxy) is 1. The number of rotatable bonds is 0. The van der Waals surface area contributed by atoms with Crippen LogP contribution in [0.2, 0.25) is 0 Å². The zero-order chi connectivity index (χ0) is 12.2. The lowest BCUT2D eigenvalue weighted by Crippen LogP contribution is -2.64. The third-order valence-corrected chi connectivity index (χ3v) is 4.02. The highest BCUT2D eigenvalue weighted by molar-refractivity contribution is 5.12. The first-order chi connectivity index (χ1) is 7.17. The summed E-state index contributed by atoms with van der Waals surface area (Å²) in [6.07, 6.45) is 2.63. The van der Waals surface area contributed by atoms with Gasteiger partial charge in [-0.3, -0.25) is 4.90 Å². The van der Waals surface area contributed by atoms with Gasteiger partial charge in [-0.15, -0.1) is 0 Å². The monoisotopic (exact) mass is 225 g/mol. The summed E-state index contributed by atoms with van der Waals surface area (Å²) < 4.78 is 5.87. The maximum atomic E-state index is 5.87. The molecule has 1 heterocycles. The minimum atomic E-state index is 0.248. The van der Waals surface area contributed by atoms with Crippen LogP contribution in [0.3, 0.4) is 0 Å². The normalized spacial score (nSPS) is 30.8. The first-order valence-corrected chi connectivity index (χ1v) is 6.54. The van der Waals surface area contributed by atoms with Gasteiger partial charge in [0, 0.05) is 17.1 Å². The second kappa shape index (κ2) is 3.46. The second-order valence-corrected chi connectivity index (χ2v) is 7.66. The van der Waals surface area contributed by atoms with Crippen LogP contribution >= 0.6 is 0 Å². The summed E-state index contributed by atoms with van der Waals surface area (Å²) in [4.78, 5) is 2.75. The summed E-state index contributed by atoms with van der Waals surface area (Å²) in [5, 5.41) is 0. The van der Waals surface area contributed by atoms with E-state index in [4.69, 9.17) is 4.74 Å². The lowest BCUT2D eigenvalue weighted by atomic mass is 9.81. The van der Waals surface area contributed by atoms with Crippen molar-refractivity contribution in [1.29, 1.82) is 0 Å². The second-order valence-electron chi connectivity index (χ2n) is 7.66. The fourth-order valence-corrected chi connectivity index (χ4v) is 3.18. The lowest BCUT2D eigenvalue weighted by Gasteiger charge is -2.54. The Bertz CT molecular complexity index is 267. The van der Waals surface area contributed by atoms with Gasteiger partial charge in [0.2, 0.25) is 0 Å². The van der Waals surface area contributed by atoms with Crippen LogP contribution in [0.4, 0.5) is 0 Å². The molecule has 0 radical (unpaired) electrons. The van der Waals surface area contributed by atoms with Crippen molar-refractivity contribution >= 4 is 0 Å². The number of nitrogens with zero attached hydrogens (tertiary/aromatic N) is 1. The number of hydrogen-bond acceptors (Lipinski definition) is 2. The molecular weight excluding hydrogens is 198 g/mol. The van der Waals surface area contributed by atoms with Crippen molar-refractivity contribution in [2.24, 2.45) is 5.41 Å². The summed E-state index contributed by atoms with van der Waals surface area (Å²) in [7, 11) is 0. The van der Waals surface area contributed by atoms with Gasteiger partial charge in [-0.1, -0.05) is 20.8 Å². The van der Waals surface area contributed by atoms with Crippen molar-refractivity contribution < 1.29 is 4.74 Å². The van der Waals surface area contributed by atoms with Crippen LogP contribution in [0.1, 0.15) is 54.4 Å². The minimum Gasteiger partial charge on any atom is -0.378 e. The van der Waals surface area contributed by atoms with Gasteiger partial charge < -0.3 is 4.74 Å². The average molecular weight is 225 g/mol. The van der Waals surface area contributed by atoms with Gasteiger partial charge in [0.05, 0.1) is 13.2 Å². The predicted molar refractivity (Wildman–Crippen MR) is 67.6 cm³/mol. The molecule has 0 bridgehead atoms. The van der Waals surface area contributed by atoms with Crippen LogP contribution in [-0.2, 0) is 4.74 Å². The van der Waals surface area contributed by atoms with Crippen molar-refractivity contribution in [2.75, 3.05) is 13.2 Å². The molecular formula is C14H27NO. The van der Waals surface area contributed by atoms with E-state index in [0.717, 1.165) is 13.2 Å². The van der Waals surface area contributed by atoms with Gasteiger partial charge in [0.1, 0.15) is 0 Å². The van der Waals surface area contributed by atoms with Crippen molar-refractivity contribution in [2.45, 2.75) is 71.5 Å². The molecule has 1 saturated heterocycles. The van der Waals surface area contributed by atoms with Crippen molar-refractivity contribution in [3.05, 3.63) is 0 Å². The summed E-state index contributed by atoms with van der Waals surface area (Å²) in [6.45, 7) is 15.9. The SMILES string of the molecule is CC(C)(C)C1COCC2(CC2)N1C(C)(C)C. The molecule has 2 aliphatic rings. The van der Waals surface area contributed by atoms with E-state index >= 15 is 0 Å². The number of hydrogen-bond donors (Lipinski definition) is 0. The zero-order valence-corrected chi connectivity index (χ0v) is 11.8. The molecule has 2 rings (SSSR count). The van der Waals surface area contributed by atoms with Gasteiger partial charge in [0.15, 0.2) is 0 Å². The molecule has 0 aromatic carbocycles. The topological polar surface area (TPSA) is 12.5 Å². The summed E-state index contributed by atoms with van der Waals surface area (Å²) >= 11 is 0. The Hall–Kier alpha value is -0.0800. The Kier molecular flexibility index (Phi) is 2.67. The van der Waals surface area contributed by atoms with Crippen molar-refractivity contribution in [3.63, 3.8) is 0 Å². The van der Waals surface area contributed by atoms with Crippen LogP contribution < -0.4 is 0 Å². The molecule has 1 atom stereocenters. The fraction of sp³-hybridized carbons (Fsp3) is 1.00. The van der Waals surface area contributed by atoms with Crippen LogP contribution in [0.25, 0.3) is 0 Å². The maximum absolute atomic E-state index is 5.87. The Labute approximate surface area is 100 Å². The van der Waals surface area contributed by atoms with Crippen molar-refractivity contribution in [1.82, 2.24) is 4.90 Å². The first-order valence-electron chi connectivity index (χ1n) is 6.54. The summed E-state index contributed by atoms with van der Waals surface area (Å²) in [5.41, 5.74) is 0.913. The van der Waals surface area contributed by atoms with Crippen LogP contribution in [-0.4, -0.2) is 35.2 Å². The standard InChI is InChI=1S/C14H27NO/c1-12(2,3)11-9-16-10-14(7-8-14)15(11)13(4,5)6/h11H,7-10H2,1-6H3. The average Bonchev–Trinajstić information content (AvgIpc) is 2.81. The predicted octanol–water partition coefficient (Wildman–Crippen LogP) is 3.06. The highest BCUT2D eigenvalue weighted by Gasteiger charge is 2.58. The Balaban J connectivity index is 2.30. The molecule has 0 N–H and O–H groups in total. The third kappa shape index (κ3) is 2.02. The Morgan fingerprint density at radius 1 is 1.06 bits per heavy atom. The molecule has 0 amide bonds. The van der Waals surface area contributed by atoms with E-state index in [0.29, 0.717) is 17.0 Å². The summed E-state index contributed by atoms with van der Waals surface area (Å²) in [5.74, 6) is 0. The maximum Gasteiger partial charge on any atom is 0.0651 e. The van der Waals surface area contributed by atoms with Crippen molar-refractivity contribution in [3.8, 4) is 0 Å². The molecule has 1 unspecified atom stereocenters. The van der Waals surface area contributed by atoms with E-state index in [1.54, 1.807) is 0 Å². The molecule has 1 saturated carbocycles. The Morgan fingerprint density at radius 3 is 2.00 bits per heavy atom. The van der Waals surface area contributed by atoms with E-state index < -0.39 is 0 Å². The van der Waals surface area contributed by atoms with E-state index in [9.17, 15) is 0 Å². The fourth-order valence-electron chi connectivity index (χ4n) is 3.18. The van der Waals surface area contributed by atoms with Gasteiger partial charge >= 0.3 is 0 Å². The van der Waals surface area contributed by atoms with Gasteiger partial charge in [-0.25, -0.2) is 0 Å². The molecule has 1 spiro atoms. The van der Waals surface area contributed by atoms with Crippen LogP contribution in [0.15, 0.2) is 0 Å². The highest BCUT2D eigenvalue weighted by Crippen LogP contribution is 2.51. The Morgan fingerprint density at radius 2 is 1.62 bits per heavy atom. The van der Waals surface area contributed by atoms with E-state index in [-0.39, 0.29) is 5.54 Å². The van der Waals surface area contributed by atoms with Crippen LogP contribution in [0, 0.1) is 5.41 Å². The minimum absolute atomic E-state index is 0.248. The van der Waals surface area contributed by atoms with Gasteiger partial charge in [0.25, 0.3) is 0 Å². The lowest BCUT2D eigenvalue weighted by molar-refractivity contribution is -0.133. The van der Waals surface area contributed by atoms with Gasteiger partial charge in [-0.05, 0) is 39.0 Å². The zero-order valence-electron chi connectivity index (χ0n) is 11.8. The molecule has 94 valence electrons. The molecule has 2 nitrogen and oxygen atoms in total. The van der Waals surface area contributed by atoms with E-state index in [1.165, 1.54) is 12.8 Å². The van der Waals surface area contributed by atoms with E-state index in [1.807, 2.05) is 0 Å². The third-order valence-electron chi connectivity index (χ3n) is 4.02. The first kappa shape index (κ1) is 12.4. The molecule has 1 aliphatic heterocycles. The van der Waals surface area contributed by atoms with Gasteiger partial charge in [-0.2, -0.15) is 0 Å². The van der Waals surface area contributed by atoms with Crippen LogP contribution in [0.5, 0.6) is 0 Å². The number of morpholine rings is 1. The molecule has 2 fully saturated rings. The molecule has 16 heavy (non-hydrogen) atoms.